The zero-order valence-electron chi connectivity index (χ0n) is 20.9. The van der Waals surface area contributed by atoms with Crippen LogP contribution in [0.2, 0.25) is 0 Å². The summed E-state index contributed by atoms with van der Waals surface area (Å²) in [4.78, 5) is 8.43. The highest BCUT2D eigenvalue weighted by molar-refractivity contribution is 7.97. The van der Waals surface area contributed by atoms with Gasteiger partial charge < -0.3 is 14.4 Å². The highest BCUT2D eigenvalue weighted by Gasteiger charge is 2.53. The van der Waals surface area contributed by atoms with E-state index in [1.54, 1.807) is 17.8 Å². The van der Waals surface area contributed by atoms with Crippen LogP contribution < -0.4 is 14.4 Å². The Morgan fingerprint density at radius 1 is 1.08 bits per heavy atom. The third-order valence-electron chi connectivity index (χ3n) is 7.23. The average Bonchev–Trinajstić information content (AvgIpc) is 3.41. The molecular weight excluding hydrogens is 484 g/mol. The number of piperidine rings is 1. The van der Waals surface area contributed by atoms with Crippen molar-refractivity contribution in [2.75, 3.05) is 38.3 Å². The maximum atomic E-state index is 9.59. The molecule has 1 atom stereocenters. The van der Waals surface area contributed by atoms with Gasteiger partial charge in [-0.3, -0.25) is 0 Å². The first-order valence-corrected chi connectivity index (χ1v) is 13.2. The van der Waals surface area contributed by atoms with E-state index in [9.17, 15) is 5.26 Å². The van der Waals surface area contributed by atoms with Gasteiger partial charge in [-0.2, -0.15) is 10.4 Å². The molecule has 0 aliphatic carbocycles. The standard InChI is InChI=1S/C28H28N6O2S/c1-3-36-23-14-25(27-21(15-29)17-31-33(27)18-23)20-4-9-26(30-16-20)32-12-10-28(11-13-32)19-34(28)37-24-7-5-22(35-2)6-8-24/h4-9,14,16-18H,3,10-13,19H2,1-2H3. The molecule has 2 saturated heterocycles. The van der Waals surface area contributed by atoms with Crippen molar-refractivity contribution in [3.63, 3.8) is 0 Å². The SMILES string of the molecule is CCOc1cc(-c2ccc(N3CCC4(CC3)CN4Sc3ccc(OC)cc3)nc2)c2c(C#N)cnn2c1. The maximum Gasteiger partial charge on any atom is 0.138 e. The molecule has 2 aliphatic rings. The van der Waals surface area contributed by atoms with Crippen LogP contribution in [0.15, 0.2) is 66.0 Å². The van der Waals surface area contributed by atoms with Gasteiger partial charge in [0.1, 0.15) is 23.4 Å². The lowest BCUT2D eigenvalue weighted by Crippen LogP contribution is -2.39. The Morgan fingerprint density at radius 3 is 2.57 bits per heavy atom. The minimum atomic E-state index is 0.294. The van der Waals surface area contributed by atoms with Crippen molar-refractivity contribution in [1.82, 2.24) is 18.9 Å². The second kappa shape index (κ2) is 9.61. The summed E-state index contributed by atoms with van der Waals surface area (Å²) in [6, 6.07) is 16.6. The Bertz CT molecular complexity index is 1450. The van der Waals surface area contributed by atoms with Crippen LogP contribution in [-0.4, -0.2) is 57.8 Å². The number of anilines is 1. The molecule has 1 spiro atoms. The molecule has 6 rings (SSSR count). The van der Waals surface area contributed by atoms with Gasteiger partial charge in [-0.25, -0.2) is 13.8 Å². The molecule has 4 aromatic rings. The first-order chi connectivity index (χ1) is 18.1. The van der Waals surface area contributed by atoms with Gasteiger partial charge >= 0.3 is 0 Å². The van der Waals surface area contributed by atoms with E-state index >= 15 is 0 Å². The lowest BCUT2D eigenvalue weighted by atomic mass is 9.97. The Hall–Kier alpha value is -3.74. The Morgan fingerprint density at radius 2 is 1.89 bits per heavy atom. The van der Waals surface area contributed by atoms with Crippen LogP contribution in [-0.2, 0) is 0 Å². The Balaban J connectivity index is 1.14. The van der Waals surface area contributed by atoms with Gasteiger partial charge in [0.2, 0.25) is 0 Å². The summed E-state index contributed by atoms with van der Waals surface area (Å²) in [7, 11) is 1.70. The number of ether oxygens (including phenoxy) is 2. The van der Waals surface area contributed by atoms with Crippen molar-refractivity contribution in [1.29, 1.82) is 5.26 Å². The second-order valence-corrected chi connectivity index (χ2v) is 10.5. The molecule has 2 fully saturated rings. The lowest BCUT2D eigenvalue weighted by Gasteiger charge is -2.33. The molecule has 188 valence electrons. The van der Waals surface area contributed by atoms with E-state index in [1.807, 2.05) is 49.5 Å². The maximum absolute atomic E-state index is 9.59. The number of pyridine rings is 2. The van der Waals surface area contributed by atoms with E-state index in [0.29, 0.717) is 23.5 Å². The number of nitrogens with zero attached hydrogens (tertiary/aromatic N) is 6. The van der Waals surface area contributed by atoms with Crippen LogP contribution in [0.3, 0.4) is 0 Å². The van der Waals surface area contributed by atoms with Crippen LogP contribution in [0.5, 0.6) is 11.5 Å². The largest absolute Gasteiger partial charge is 0.497 e. The van der Waals surface area contributed by atoms with E-state index in [-0.39, 0.29) is 0 Å². The van der Waals surface area contributed by atoms with Gasteiger partial charge in [-0.05, 0) is 74.2 Å². The van der Waals surface area contributed by atoms with Crippen LogP contribution in [0, 0.1) is 11.3 Å². The average molecular weight is 513 g/mol. The fraction of sp³-hybridized carbons (Fsp3) is 0.321. The molecule has 8 nitrogen and oxygen atoms in total. The molecule has 37 heavy (non-hydrogen) atoms. The molecule has 0 radical (unpaired) electrons. The molecule has 0 bridgehead atoms. The van der Waals surface area contributed by atoms with E-state index in [2.05, 4.69) is 44.6 Å². The minimum Gasteiger partial charge on any atom is -0.497 e. The number of methoxy groups -OCH3 is 1. The molecular formula is C28H28N6O2S. The molecule has 1 unspecified atom stereocenters. The van der Waals surface area contributed by atoms with Crippen molar-refractivity contribution < 1.29 is 9.47 Å². The van der Waals surface area contributed by atoms with Crippen molar-refractivity contribution in [2.45, 2.75) is 30.2 Å². The highest BCUT2D eigenvalue weighted by atomic mass is 32.2. The lowest BCUT2D eigenvalue weighted by molar-refractivity contribution is 0.338. The molecule has 3 aromatic heterocycles. The van der Waals surface area contributed by atoms with Crippen LogP contribution in [0.1, 0.15) is 25.3 Å². The summed E-state index contributed by atoms with van der Waals surface area (Å²) in [6.45, 7) is 5.60. The van der Waals surface area contributed by atoms with E-state index < -0.39 is 0 Å². The number of aromatic nitrogens is 3. The summed E-state index contributed by atoms with van der Waals surface area (Å²) in [5, 5.41) is 13.9. The number of hydrogen-bond donors (Lipinski definition) is 0. The molecule has 0 saturated carbocycles. The fourth-order valence-corrected chi connectivity index (χ4v) is 6.25. The van der Waals surface area contributed by atoms with Gasteiger partial charge in [0.25, 0.3) is 0 Å². The van der Waals surface area contributed by atoms with Crippen LogP contribution in [0.4, 0.5) is 5.82 Å². The smallest absolute Gasteiger partial charge is 0.138 e. The quantitative estimate of drug-likeness (QED) is 0.252. The summed E-state index contributed by atoms with van der Waals surface area (Å²) < 4.78 is 15.2. The summed E-state index contributed by atoms with van der Waals surface area (Å²) >= 11 is 1.84. The molecule has 5 heterocycles. The number of hydrogen-bond acceptors (Lipinski definition) is 8. The number of rotatable bonds is 7. The topological polar surface area (TPSA) is 78.7 Å². The van der Waals surface area contributed by atoms with Crippen molar-refractivity contribution in [3.8, 4) is 28.7 Å². The number of fused-ring (bicyclic) bond motifs is 1. The van der Waals surface area contributed by atoms with E-state index in [1.165, 1.54) is 4.90 Å². The highest BCUT2D eigenvalue weighted by Crippen LogP contribution is 2.49. The molecule has 9 heteroatoms. The summed E-state index contributed by atoms with van der Waals surface area (Å²) in [5.74, 6) is 2.59. The van der Waals surface area contributed by atoms with Crippen LogP contribution >= 0.6 is 11.9 Å². The zero-order valence-corrected chi connectivity index (χ0v) is 21.7. The molecule has 1 aromatic carbocycles. The van der Waals surface area contributed by atoms with E-state index in [4.69, 9.17) is 14.5 Å². The fourth-order valence-electron chi connectivity index (χ4n) is 5.06. The van der Waals surface area contributed by atoms with Gasteiger partial charge in [-0.1, -0.05) is 0 Å². The van der Waals surface area contributed by atoms with Gasteiger partial charge in [-0.15, -0.1) is 0 Å². The minimum absolute atomic E-state index is 0.294. The molecule has 0 amide bonds. The number of benzene rings is 1. The van der Waals surface area contributed by atoms with Crippen molar-refractivity contribution in [3.05, 3.63) is 66.6 Å². The van der Waals surface area contributed by atoms with Crippen molar-refractivity contribution >= 4 is 23.3 Å². The van der Waals surface area contributed by atoms with Gasteiger partial charge in [0.15, 0.2) is 0 Å². The third-order valence-corrected chi connectivity index (χ3v) is 8.45. The summed E-state index contributed by atoms with van der Waals surface area (Å²) in [6.07, 6.45) is 7.54. The third kappa shape index (κ3) is 4.47. The van der Waals surface area contributed by atoms with Gasteiger partial charge in [0, 0.05) is 47.4 Å². The first kappa shape index (κ1) is 23.6. The normalized spacial score (nSPS) is 18.1. The van der Waals surface area contributed by atoms with Gasteiger partial charge in [0.05, 0.1) is 37.2 Å². The monoisotopic (exact) mass is 512 g/mol. The van der Waals surface area contributed by atoms with Crippen molar-refractivity contribution in [2.24, 2.45) is 0 Å². The first-order valence-electron chi connectivity index (χ1n) is 12.5. The summed E-state index contributed by atoms with van der Waals surface area (Å²) in [5.41, 5.74) is 3.42. The molecule has 2 aliphatic heterocycles. The Labute approximate surface area is 220 Å². The predicted octanol–water partition coefficient (Wildman–Crippen LogP) is 5.04. The predicted molar refractivity (Wildman–Crippen MR) is 144 cm³/mol. The second-order valence-electron chi connectivity index (χ2n) is 9.41. The zero-order chi connectivity index (χ0) is 25.4. The Kier molecular flexibility index (Phi) is 6.14. The molecule has 0 N–H and O–H groups in total. The van der Waals surface area contributed by atoms with E-state index in [0.717, 1.165) is 60.7 Å². The van der Waals surface area contributed by atoms with Crippen LogP contribution in [0.25, 0.3) is 16.6 Å². The number of nitriles is 1.